The standard InChI is InChI=1S/C13H19IN2O/c14-12-5-3-10(4-6-12)8-13(16-15)11-2-1-7-17-9-11/h3-6,11,13,16H,1-2,7-9,15H2. The summed E-state index contributed by atoms with van der Waals surface area (Å²) in [6, 6.07) is 8.95. The molecule has 1 aliphatic rings. The molecule has 3 nitrogen and oxygen atoms in total. The highest BCUT2D eigenvalue weighted by Gasteiger charge is 2.23. The monoisotopic (exact) mass is 346 g/mol. The summed E-state index contributed by atoms with van der Waals surface area (Å²) in [6.45, 7) is 1.73. The van der Waals surface area contributed by atoms with E-state index in [1.54, 1.807) is 0 Å². The second kappa shape index (κ2) is 6.68. The third kappa shape index (κ3) is 3.91. The van der Waals surface area contributed by atoms with E-state index in [1.165, 1.54) is 15.6 Å². The van der Waals surface area contributed by atoms with Crippen molar-refractivity contribution in [2.45, 2.75) is 25.3 Å². The number of nitrogens with two attached hydrogens (primary N) is 1. The summed E-state index contributed by atoms with van der Waals surface area (Å²) in [4.78, 5) is 0. The van der Waals surface area contributed by atoms with Crippen LogP contribution in [0.2, 0.25) is 0 Å². The molecule has 3 N–H and O–H groups in total. The fourth-order valence-electron chi connectivity index (χ4n) is 2.32. The molecule has 0 aliphatic carbocycles. The number of benzene rings is 1. The maximum Gasteiger partial charge on any atom is 0.0509 e. The van der Waals surface area contributed by atoms with Crippen LogP contribution < -0.4 is 11.3 Å². The van der Waals surface area contributed by atoms with Crippen molar-refractivity contribution in [3.63, 3.8) is 0 Å². The van der Waals surface area contributed by atoms with E-state index in [0.29, 0.717) is 12.0 Å². The normalized spacial score (nSPS) is 22.4. The zero-order valence-electron chi connectivity index (χ0n) is 9.86. The van der Waals surface area contributed by atoms with Gasteiger partial charge in [0, 0.05) is 16.2 Å². The van der Waals surface area contributed by atoms with Gasteiger partial charge in [-0.05, 0) is 65.5 Å². The first-order valence-corrected chi connectivity index (χ1v) is 7.16. The molecule has 0 bridgehead atoms. The van der Waals surface area contributed by atoms with Crippen LogP contribution in [0.15, 0.2) is 24.3 Å². The molecular weight excluding hydrogens is 327 g/mol. The molecule has 1 heterocycles. The second-order valence-electron chi connectivity index (χ2n) is 4.58. The van der Waals surface area contributed by atoms with E-state index in [2.05, 4.69) is 52.3 Å². The molecule has 0 saturated carbocycles. The summed E-state index contributed by atoms with van der Waals surface area (Å²) in [5.41, 5.74) is 4.29. The van der Waals surface area contributed by atoms with E-state index >= 15 is 0 Å². The number of hydrogen-bond acceptors (Lipinski definition) is 3. The van der Waals surface area contributed by atoms with Crippen LogP contribution in [-0.4, -0.2) is 19.3 Å². The molecule has 1 aromatic carbocycles. The van der Waals surface area contributed by atoms with E-state index in [4.69, 9.17) is 10.6 Å². The van der Waals surface area contributed by atoms with E-state index in [-0.39, 0.29) is 0 Å². The molecule has 2 atom stereocenters. The van der Waals surface area contributed by atoms with Crippen molar-refractivity contribution in [3.05, 3.63) is 33.4 Å². The predicted octanol–water partition coefficient (Wildman–Crippen LogP) is 2.09. The van der Waals surface area contributed by atoms with Gasteiger partial charge in [-0.2, -0.15) is 0 Å². The van der Waals surface area contributed by atoms with E-state index in [0.717, 1.165) is 26.1 Å². The van der Waals surface area contributed by atoms with E-state index in [9.17, 15) is 0 Å². The lowest BCUT2D eigenvalue weighted by Crippen LogP contribution is -2.45. The summed E-state index contributed by atoms with van der Waals surface area (Å²) in [7, 11) is 0. The fourth-order valence-corrected chi connectivity index (χ4v) is 2.68. The Morgan fingerprint density at radius 3 is 2.76 bits per heavy atom. The molecule has 1 fully saturated rings. The van der Waals surface area contributed by atoms with E-state index < -0.39 is 0 Å². The largest absolute Gasteiger partial charge is 0.381 e. The quantitative estimate of drug-likeness (QED) is 0.499. The highest BCUT2D eigenvalue weighted by molar-refractivity contribution is 14.1. The summed E-state index contributed by atoms with van der Waals surface area (Å²) in [6.07, 6.45) is 3.33. The SMILES string of the molecule is NNC(Cc1ccc(I)cc1)C1CCCOC1. The van der Waals surface area contributed by atoms with Gasteiger partial charge in [-0.25, -0.2) is 0 Å². The van der Waals surface area contributed by atoms with Crippen molar-refractivity contribution in [1.29, 1.82) is 0 Å². The van der Waals surface area contributed by atoms with Crippen molar-refractivity contribution in [2.24, 2.45) is 11.8 Å². The Kier molecular flexibility index (Phi) is 5.21. The highest BCUT2D eigenvalue weighted by atomic mass is 127. The van der Waals surface area contributed by atoms with Crippen LogP contribution in [-0.2, 0) is 11.2 Å². The molecule has 94 valence electrons. The summed E-state index contributed by atoms with van der Waals surface area (Å²) >= 11 is 2.32. The summed E-state index contributed by atoms with van der Waals surface area (Å²) < 4.78 is 6.79. The number of hydrazine groups is 1. The third-order valence-electron chi connectivity index (χ3n) is 3.35. The second-order valence-corrected chi connectivity index (χ2v) is 5.83. The third-order valence-corrected chi connectivity index (χ3v) is 4.07. The Morgan fingerprint density at radius 1 is 1.41 bits per heavy atom. The van der Waals surface area contributed by atoms with Gasteiger partial charge in [0.15, 0.2) is 0 Å². The van der Waals surface area contributed by atoms with Crippen LogP contribution >= 0.6 is 22.6 Å². The molecule has 0 amide bonds. The molecule has 0 aromatic heterocycles. The Bertz CT molecular complexity index is 336. The van der Waals surface area contributed by atoms with Crippen LogP contribution in [0.25, 0.3) is 0 Å². The maximum atomic E-state index is 5.67. The number of hydrogen-bond donors (Lipinski definition) is 2. The van der Waals surface area contributed by atoms with Crippen LogP contribution in [0, 0.1) is 9.49 Å². The van der Waals surface area contributed by atoms with Crippen molar-refractivity contribution in [1.82, 2.24) is 5.43 Å². The van der Waals surface area contributed by atoms with Crippen molar-refractivity contribution < 1.29 is 4.74 Å². The minimum absolute atomic E-state index is 0.315. The molecule has 0 radical (unpaired) electrons. The topological polar surface area (TPSA) is 47.3 Å². The van der Waals surface area contributed by atoms with Gasteiger partial charge in [0.2, 0.25) is 0 Å². The van der Waals surface area contributed by atoms with Gasteiger partial charge < -0.3 is 4.74 Å². The number of ether oxygens (including phenoxy) is 1. The van der Waals surface area contributed by atoms with Crippen LogP contribution in [0.3, 0.4) is 0 Å². The molecule has 2 unspecified atom stereocenters. The average molecular weight is 346 g/mol. The van der Waals surface area contributed by atoms with Crippen LogP contribution in [0.1, 0.15) is 18.4 Å². The van der Waals surface area contributed by atoms with Crippen molar-refractivity contribution >= 4 is 22.6 Å². The van der Waals surface area contributed by atoms with Crippen molar-refractivity contribution in [2.75, 3.05) is 13.2 Å². The first-order valence-electron chi connectivity index (χ1n) is 6.08. The Balaban J connectivity index is 1.96. The molecular formula is C13H19IN2O. The highest BCUT2D eigenvalue weighted by Crippen LogP contribution is 2.20. The van der Waals surface area contributed by atoms with Gasteiger partial charge in [-0.3, -0.25) is 11.3 Å². The molecule has 1 saturated heterocycles. The Morgan fingerprint density at radius 2 is 2.18 bits per heavy atom. The van der Waals surface area contributed by atoms with Gasteiger partial charge in [-0.15, -0.1) is 0 Å². The number of nitrogens with one attached hydrogen (secondary N) is 1. The molecule has 2 rings (SSSR count). The predicted molar refractivity (Wildman–Crippen MR) is 77.5 cm³/mol. The lowest BCUT2D eigenvalue weighted by molar-refractivity contribution is 0.0393. The Labute approximate surface area is 116 Å². The molecule has 4 heteroatoms. The average Bonchev–Trinajstić information content (AvgIpc) is 2.39. The van der Waals surface area contributed by atoms with Gasteiger partial charge in [0.25, 0.3) is 0 Å². The summed E-state index contributed by atoms with van der Waals surface area (Å²) in [5.74, 6) is 6.21. The first-order chi connectivity index (χ1) is 8.29. The lowest BCUT2D eigenvalue weighted by atomic mass is 9.90. The fraction of sp³-hybridized carbons (Fsp3) is 0.538. The smallest absolute Gasteiger partial charge is 0.0509 e. The minimum atomic E-state index is 0.315. The van der Waals surface area contributed by atoms with Crippen LogP contribution in [0.5, 0.6) is 0 Å². The first kappa shape index (κ1) is 13.3. The van der Waals surface area contributed by atoms with Gasteiger partial charge >= 0.3 is 0 Å². The van der Waals surface area contributed by atoms with Crippen molar-refractivity contribution in [3.8, 4) is 0 Å². The minimum Gasteiger partial charge on any atom is -0.381 e. The van der Waals surface area contributed by atoms with Gasteiger partial charge in [0.05, 0.1) is 6.61 Å². The Hall–Kier alpha value is -0.170. The molecule has 1 aliphatic heterocycles. The van der Waals surface area contributed by atoms with Gasteiger partial charge in [-0.1, -0.05) is 12.1 Å². The zero-order valence-corrected chi connectivity index (χ0v) is 12.0. The molecule has 1 aromatic rings. The van der Waals surface area contributed by atoms with Crippen LogP contribution in [0.4, 0.5) is 0 Å². The number of halogens is 1. The summed E-state index contributed by atoms with van der Waals surface area (Å²) in [5, 5.41) is 0. The molecule has 0 spiro atoms. The van der Waals surface area contributed by atoms with E-state index in [1.807, 2.05) is 0 Å². The number of rotatable bonds is 4. The van der Waals surface area contributed by atoms with Gasteiger partial charge in [0.1, 0.15) is 0 Å². The maximum absolute atomic E-state index is 5.67. The zero-order chi connectivity index (χ0) is 12.1. The molecule has 17 heavy (non-hydrogen) atoms. The lowest BCUT2D eigenvalue weighted by Gasteiger charge is -2.29.